The average molecular weight is 549 g/mol. The molecule has 2 bridgehead atoms. The second-order valence-corrected chi connectivity index (χ2v) is 12.4. The zero-order chi connectivity index (χ0) is 27.6. The van der Waals surface area contributed by atoms with Crippen molar-refractivity contribution in [2.75, 3.05) is 26.3 Å². The largest absolute Gasteiger partial charge is 0.489 e. The van der Waals surface area contributed by atoms with Gasteiger partial charge in [-0.25, -0.2) is 8.78 Å². The third-order valence-electron chi connectivity index (χ3n) is 10.0. The van der Waals surface area contributed by atoms with Crippen molar-refractivity contribution in [3.63, 3.8) is 0 Å². The summed E-state index contributed by atoms with van der Waals surface area (Å²) in [6.45, 7) is 3.88. The Kier molecular flexibility index (Phi) is 6.36. The van der Waals surface area contributed by atoms with Crippen LogP contribution in [-0.4, -0.2) is 58.8 Å². The van der Waals surface area contributed by atoms with Crippen LogP contribution in [0.4, 0.5) is 13.2 Å². The minimum absolute atomic E-state index is 0.00156. The molecule has 1 aromatic heterocycles. The van der Waals surface area contributed by atoms with Gasteiger partial charge in [0.05, 0.1) is 24.7 Å². The fraction of sp³-hybridized carbons (Fsp3) is 0.531. The molecule has 4 fully saturated rings. The first kappa shape index (κ1) is 25.9. The second-order valence-electron chi connectivity index (χ2n) is 12.4. The van der Waals surface area contributed by atoms with Gasteiger partial charge in [0.15, 0.2) is 0 Å². The molecule has 3 aromatic rings. The standard InChI is InChI=1S/C32H35F3N4O/c1-19-11-25-24-5-2-3-6-28(24)37-30(25)31(39(19)32-14-20(15-32)21(16-32)17-36)29-26(34)12-23(13-27(29)35)40-22-7-10-38(18-22)9-4-8-33/h2-3,5-6,12-13,19-22,31,37H,4,7-11,14-16,18H2,1H3/t19-,20?,21-,22+,31-,32?/m1/s1. The summed E-state index contributed by atoms with van der Waals surface area (Å²) < 4.78 is 50.9. The van der Waals surface area contributed by atoms with E-state index in [1.54, 1.807) is 0 Å². The highest BCUT2D eigenvalue weighted by atomic mass is 19.1. The van der Waals surface area contributed by atoms with Crippen LogP contribution in [0.2, 0.25) is 0 Å². The Morgan fingerprint density at radius 3 is 2.65 bits per heavy atom. The number of ether oxygens (including phenoxy) is 1. The maximum absolute atomic E-state index is 16.2. The number of hydrogen-bond acceptors (Lipinski definition) is 4. The monoisotopic (exact) mass is 548 g/mol. The number of hydrogen-bond donors (Lipinski definition) is 1. The van der Waals surface area contributed by atoms with Crippen LogP contribution in [0.25, 0.3) is 10.9 Å². The molecule has 8 rings (SSSR count). The predicted molar refractivity (Wildman–Crippen MR) is 147 cm³/mol. The van der Waals surface area contributed by atoms with E-state index in [0.717, 1.165) is 60.8 Å². The molecule has 5 aliphatic rings. The molecule has 0 unspecified atom stereocenters. The minimum Gasteiger partial charge on any atom is -0.489 e. The molecule has 2 aromatic carbocycles. The molecule has 2 aliphatic heterocycles. The van der Waals surface area contributed by atoms with Crippen LogP contribution in [0.15, 0.2) is 36.4 Å². The summed E-state index contributed by atoms with van der Waals surface area (Å²) in [7, 11) is 0. The molecule has 5 nitrogen and oxygen atoms in total. The number of fused-ring (bicyclic) bond motifs is 4. The maximum Gasteiger partial charge on any atom is 0.135 e. The number of alkyl halides is 1. The lowest BCUT2D eigenvalue weighted by Gasteiger charge is -2.55. The van der Waals surface area contributed by atoms with Gasteiger partial charge in [-0.3, -0.25) is 14.2 Å². The number of halogens is 3. The fourth-order valence-corrected chi connectivity index (χ4v) is 8.36. The lowest BCUT2D eigenvalue weighted by molar-refractivity contribution is -0.0358. The zero-order valence-electron chi connectivity index (χ0n) is 22.8. The molecule has 210 valence electrons. The van der Waals surface area contributed by atoms with Crippen LogP contribution < -0.4 is 4.74 Å². The zero-order valence-corrected chi connectivity index (χ0v) is 22.8. The van der Waals surface area contributed by atoms with Gasteiger partial charge < -0.3 is 9.72 Å². The molecule has 3 aliphatic carbocycles. The van der Waals surface area contributed by atoms with Gasteiger partial charge in [-0.1, -0.05) is 18.2 Å². The number of nitriles is 1. The SMILES string of the molecule is C[C@@H]1Cc2c([nH]c3ccccc23)[C@@H](c2c(F)cc(O[C@H]3CCN(CCCF)C3)cc2F)N1C12CC(C1)[C@@H](C#N)C2. The molecular weight excluding hydrogens is 513 g/mol. The molecule has 1 saturated heterocycles. The molecule has 3 heterocycles. The fourth-order valence-electron chi connectivity index (χ4n) is 8.36. The van der Waals surface area contributed by atoms with E-state index in [-0.39, 0.29) is 41.6 Å². The van der Waals surface area contributed by atoms with Crippen molar-refractivity contribution in [1.29, 1.82) is 5.26 Å². The van der Waals surface area contributed by atoms with Gasteiger partial charge >= 0.3 is 0 Å². The summed E-state index contributed by atoms with van der Waals surface area (Å²) in [4.78, 5) is 8.01. The van der Waals surface area contributed by atoms with E-state index in [2.05, 4.69) is 33.8 Å². The van der Waals surface area contributed by atoms with Crippen LogP contribution in [0.5, 0.6) is 5.75 Å². The third kappa shape index (κ3) is 4.04. The third-order valence-corrected chi connectivity index (χ3v) is 10.0. The topological polar surface area (TPSA) is 55.3 Å². The summed E-state index contributed by atoms with van der Waals surface area (Å²) in [5, 5.41) is 10.8. The van der Waals surface area contributed by atoms with Gasteiger partial charge in [0, 0.05) is 65.5 Å². The smallest absolute Gasteiger partial charge is 0.135 e. The molecule has 0 radical (unpaired) electrons. The van der Waals surface area contributed by atoms with Crippen molar-refractivity contribution < 1.29 is 17.9 Å². The van der Waals surface area contributed by atoms with Crippen LogP contribution in [0.3, 0.4) is 0 Å². The van der Waals surface area contributed by atoms with Gasteiger partial charge in [0.2, 0.25) is 0 Å². The van der Waals surface area contributed by atoms with Crippen molar-refractivity contribution in [3.05, 3.63) is 64.9 Å². The Balaban J connectivity index is 1.27. The van der Waals surface area contributed by atoms with E-state index in [0.29, 0.717) is 25.4 Å². The van der Waals surface area contributed by atoms with Crippen molar-refractivity contribution in [2.45, 2.75) is 69.2 Å². The van der Waals surface area contributed by atoms with E-state index < -0.39 is 17.7 Å². The highest BCUT2D eigenvalue weighted by Gasteiger charge is 2.62. The molecule has 8 heteroatoms. The summed E-state index contributed by atoms with van der Waals surface area (Å²) in [5.74, 6) is -0.673. The molecule has 3 saturated carbocycles. The lowest BCUT2D eigenvalue weighted by atomic mass is 9.71. The molecule has 0 amide bonds. The Morgan fingerprint density at radius 2 is 1.93 bits per heavy atom. The predicted octanol–water partition coefficient (Wildman–Crippen LogP) is 6.29. The Bertz CT molecular complexity index is 1450. The van der Waals surface area contributed by atoms with E-state index in [9.17, 15) is 9.65 Å². The van der Waals surface area contributed by atoms with Crippen LogP contribution in [0, 0.1) is 34.8 Å². The number of nitrogens with zero attached hydrogens (tertiary/aromatic N) is 3. The molecule has 1 N–H and O–H groups in total. The first-order valence-corrected chi connectivity index (χ1v) is 14.6. The Labute approximate surface area is 232 Å². The first-order chi connectivity index (χ1) is 19.4. The number of aromatic nitrogens is 1. The van der Waals surface area contributed by atoms with Gasteiger partial charge in [-0.2, -0.15) is 5.26 Å². The quantitative estimate of drug-likeness (QED) is 0.377. The average Bonchev–Trinajstić information content (AvgIpc) is 3.68. The molecule has 4 atom stereocenters. The summed E-state index contributed by atoms with van der Waals surface area (Å²) in [6, 6.07) is 12.6. The summed E-state index contributed by atoms with van der Waals surface area (Å²) in [6.07, 6.45) is 4.36. The van der Waals surface area contributed by atoms with Gasteiger partial charge in [0.25, 0.3) is 0 Å². The maximum atomic E-state index is 16.2. The molecule has 40 heavy (non-hydrogen) atoms. The van der Waals surface area contributed by atoms with Crippen molar-refractivity contribution in [1.82, 2.24) is 14.8 Å². The minimum atomic E-state index is -0.624. The summed E-state index contributed by atoms with van der Waals surface area (Å²) in [5.41, 5.74) is 2.75. The number of benzene rings is 2. The van der Waals surface area contributed by atoms with Crippen LogP contribution in [-0.2, 0) is 6.42 Å². The van der Waals surface area contributed by atoms with Crippen LogP contribution >= 0.6 is 0 Å². The number of aromatic amines is 1. The van der Waals surface area contributed by atoms with E-state index >= 15 is 8.78 Å². The number of H-pyrrole nitrogens is 1. The first-order valence-electron chi connectivity index (χ1n) is 14.6. The summed E-state index contributed by atoms with van der Waals surface area (Å²) >= 11 is 0. The number of likely N-dealkylation sites (tertiary alicyclic amines) is 1. The Morgan fingerprint density at radius 1 is 1.15 bits per heavy atom. The number of para-hydroxylation sites is 1. The van der Waals surface area contributed by atoms with Crippen molar-refractivity contribution in [2.24, 2.45) is 11.8 Å². The van der Waals surface area contributed by atoms with Gasteiger partial charge in [0.1, 0.15) is 23.5 Å². The molecular formula is C32H35F3N4O. The van der Waals surface area contributed by atoms with E-state index in [1.807, 2.05) is 18.2 Å². The van der Waals surface area contributed by atoms with E-state index in [1.165, 1.54) is 12.1 Å². The lowest BCUT2D eigenvalue weighted by Crippen LogP contribution is -2.59. The van der Waals surface area contributed by atoms with Gasteiger partial charge in [-0.05, 0) is 63.0 Å². The molecule has 0 spiro atoms. The Hall–Kier alpha value is -3.02. The normalized spacial score (nSPS) is 31.7. The van der Waals surface area contributed by atoms with Gasteiger partial charge in [-0.15, -0.1) is 0 Å². The van der Waals surface area contributed by atoms with Crippen molar-refractivity contribution in [3.8, 4) is 11.8 Å². The second kappa shape index (κ2) is 9.81. The van der Waals surface area contributed by atoms with Crippen molar-refractivity contribution >= 4 is 10.9 Å². The van der Waals surface area contributed by atoms with E-state index in [4.69, 9.17) is 4.74 Å². The highest BCUT2D eigenvalue weighted by molar-refractivity contribution is 5.85. The number of nitrogens with one attached hydrogen (secondary N) is 1. The number of rotatable bonds is 7. The van der Waals surface area contributed by atoms with Crippen LogP contribution in [0.1, 0.15) is 61.9 Å². The highest BCUT2D eigenvalue weighted by Crippen LogP contribution is 2.62.